The summed E-state index contributed by atoms with van der Waals surface area (Å²) in [6.07, 6.45) is 3.67. The zero-order valence-electron chi connectivity index (χ0n) is 7.31. The Labute approximate surface area is 76.1 Å². The summed E-state index contributed by atoms with van der Waals surface area (Å²) < 4.78 is 0. The molecule has 70 valence electrons. The summed E-state index contributed by atoms with van der Waals surface area (Å²) >= 11 is 0. The maximum absolute atomic E-state index is 11.1. The Morgan fingerprint density at radius 2 is 2.38 bits per heavy atom. The minimum Gasteiger partial charge on any atom is -0.353 e. The summed E-state index contributed by atoms with van der Waals surface area (Å²) in [7, 11) is 0. The Morgan fingerprint density at radius 1 is 1.54 bits per heavy atom. The van der Waals surface area contributed by atoms with Crippen LogP contribution in [0, 0.1) is 5.92 Å². The van der Waals surface area contributed by atoms with Gasteiger partial charge in [0.1, 0.15) is 0 Å². The molecule has 5 heteroatoms. The quantitative estimate of drug-likeness (QED) is 0.369. The number of nitrogens with one attached hydrogen (secondary N) is 1. The van der Waals surface area contributed by atoms with E-state index < -0.39 is 0 Å². The summed E-state index contributed by atoms with van der Waals surface area (Å²) in [6, 6.07) is 0.0901. The third-order valence-corrected chi connectivity index (χ3v) is 2.97. The van der Waals surface area contributed by atoms with Crippen LogP contribution in [0.2, 0.25) is 0 Å². The smallest absolute Gasteiger partial charge is 0.220 e. The first-order valence-corrected chi connectivity index (χ1v) is 4.65. The molecular formula is C8H12N4O. The van der Waals surface area contributed by atoms with Gasteiger partial charge in [-0.05, 0) is 24.3 Å². The molecule has 1 saturated heterocycles. The van der Waals surface area contributed by atoms with Crippen LogP contribution < -0.4 is 5.32 Å². The van der Waals surface area contributed by atoms with Gasteiger partial charge in [0, 0.05) is 17.4 Å². The molecule has 1 aliphatic carbocycles. The number of azide groups is 1. The van der Waals surface area contributed by atoms with E-state index in [9.17, 15) is 4.79 Å². The molecule has 1 saturated carbocycles. The van der Waals surface area contributed by atoms with Crippen molar-refractivity contribution in [3.63, 3.8) is 0 Å². The van der Waals surface area contributed by atoms with Crippen molar-refractivity contribution in [3.05, 3.63) is 10.4 Å². The molecule has 1 heterocycles. The van der Waals surface area contributed by atoms with E-state index in [1.54, 1.807) is 0 Å². The number of rotatable bonds is 1. The van der Waals surface area contributed by atoms with Gasteiger partial charge in [0.15, 0.2) is 0 Å². The van der Waals surface area contributed by atoms with Crippen molar-refractivity contribution in [3.8, 4) is 0 Å². The van der Waals surface area contributed by atoms with E-state index in [1.165, 1.54) is 0 Å². The van der Waals surface area contributed by atoms with Gasteiger partial charge in [-0.15, -0.1) is 0 Å². The first-order chi connectivity index (χ1) is 6.31. The van der Waals surface area contributed by atoms with E-state index in [4.69, 9.17) is 5.53 Å². The fourth-order valence-corrected chi connectivity index (χ4v) is 2.38. The van der Waals surface area contributed by atoms with Gasteiger partial charge in [0.05, 0.1) is 6.04 Å². The molecule has 0 spiro atoms. The van der Waals surface area contributed by atoms with Crippen LogP contribution in [0.1, 0.15) is 25.7 Å². The fraction of sp³-hybridized carbons (Fsp3) is 0.875. The topological polar surface area (TPSA) is 77.9 Å². The van der Waals surface area contributed by atoms with Crippen molar-refractivity contribution in [2.45, 2.75) is 37.8 Å². The molecule has 3 atom stereocenters. The number of carbonyl (C=O) groups is 1. The highest BCUT2D eigenvalue weighted by molar-refractivity contribution is 5.79. The van der Waals surface area contributed by atoms with Gasteiger partial charge in [-0.25, -0.2) is 0 Å². The van der Waals surface area contributed by atoms with Crippen LogP contribution in [0.4, 0.5) is 0 Å². The van der Waals surface area contributed by atoms with E-state index in [-0.39, 0.29) is 18.0 Å². The molecule has 1 aliphatic heterocycles. The Morgan fingerprint density at radius 3 is 3.15 bits per heavy atom. The average molecular weight is 180 g/mol. The molecule has 0 radical (unpaired) electrons. The van der Waals surface area contributed by atoms with E-state index >= 15 is 0 Å². The van der Waals surface area contributed by atoms with Crippen LogP contribution in [0.15, 0.2) is 5.11 Å². The number of amides is 1. The van der Waals surface area contributed by atoms with Crippen molar-refractivity contribution in [2.24, 2.45) is 11.0 Å². The number of fused-ring (bicyclic) bond motifs is 1. The lowest BCUT2D eigenvalue weighted by Crippen LogP contribution is -2.41. The second-order valence-corrected chi connectivity index (χ2v) is 3.76. The average Bonchev–Trinajstić information content (AvgIpc) is 2.47. The molecular weight excluding hydrogens is 168 g/mol. The van der Waals surface area contributed by atoms with Crippen LogP contribution in [-0.2, 0) is 4.79 Å². The normalized spacial score (nSPS) is 37.5. The van der Waals surface area contributed by atoms with Gasteiger partial charge in [0.2, 0.25) is 5.91 Å². The molecule has 5 nitrogen and oxygen atoms in total. The maximum Gasteiger partial charge on any atom is 0.220 e. The summed E-state index contributed by atoms with van der Waals surface area (Å²) in [6.45, 7) is 0. The Kier molecular flexibility index (Phi) is 2.10. The Balaban J connectivity index is 2.13. The summed E-state index contributed by atoms with van der Waals surface area (Å²) in [5.41, 5.74) is 8.35. The monoisotopic (exact) mass is 180 g/mol. The number of hydrogen-bond acceptors (Lipinski definition) is 2. The molecule has 0 aromatic rings. The van der Waals surface area contributed by atoms with Gasteiger partial charge in [-0.2, -0.15) is 0 Å². The summed E-state index contributed by atoms with van der Waals surface area (Å²) in [4.78, 5) is 13.9. The first-order valence-electron chi connectivity index (χ1n) is 4.65. The van der Waals surface area contributed by atoms with E-state index in [0.29, 0.717) is 12.3 Å². The van der Waals surface area contributed by atoms with Crippen molar-refractivity contribution >= 4 is 5.91 Å². The van der Waals surface area contributed by atoms with Gasteiger partial charge in [-0.1, -0.05) is 11.5 Å². The standard InChI is InChI=1S/C8H12N4O/c9-12-11-6-3-1-2-5-4-7(13)10-8(5)6/h5-6,8H,1-4H2,(H,10,13). The molecule has 0 aromatic carbocycles. The van der Waals surface area contributed by atoms with Crippen LogP contribution in [0.5, 0.6) is 0 Å². The SMILES string of the molecule is [N-]=[N+]=NC1CCCC2CC(=O)NC21. The summed E-state index contributed by atoms with van der Waals surface area (Å²) in [5, 5.41) is 6.61. The maximum atomic E-state index is 11.1. The van der Waals surface area contributed by atoms with Gasteiger partial charge >= 0.3 is 0 Å². The van der Waals surface area contributed by atoms with Crippen LogP contribution in [0.25, 0.3) is 10.4 Å². The first kappa shape index (κ1) is 8.38. The molecule has 0 aromatic heterocycles. The summed E-state index contributed by atoms with van der Waals surface area (Å²) in [5.74, 6) is 0.506. The molecule has 2 aliphatic rings. The van der Waals surface area contributed by atoms with Crippen LogP contribution in [-0.4, -0.2) is 18.0 Å². The highest BCUT2D eigenvalue weighted by Gasteiger charge is 2.39. The fourth-order valence-electron chi connectivity index (χ4n) is 2.38. The van der Waals surface area contributed by atoms with E-state index in [2.05, 4.69) is 15.3 Å². The molecule has 1 amide bonds. The molecule has 2 fully saturated rings. The Hall–Kier alpha value is -1.22. The van der Waals surface area contributed by atoms with Crippen molar-refractivity contribution < 1.29 is 4.79 Å². The molecule has 3 unspecified atom stereocenters. The van der Waals surface area contributed by atoms with E-state index in [1.807, 2.05) is 0 Å². The van der Waals surface area contributed by atoms with Gasteiger partial charge in [-0.3, -0.25) is 4.79 Å². The predicted octanol–water partition coefficient (Wildman–Crippen LogP) is 1.35. The lowest BCUT2D eigenvalue weighted by molar-refractivity contribution is -0.119. The van der Waals surface area contributed by atoms with Crippen LogP contribution in [0.3, 0.4) is 0 Å². The van der Waals surface area contributed by atoms with Crippen LogP contribution >= 0.6 is 0 Å². The third kappa shape index (κ3) is 1.47. The number of hydrogen-bond donors (Lipinski definition) is 1. The minimum absolute atomic E-state index is 0.0183. The Bertz CT molecular complexity index is 271. The zero-order chi connectivity index (χ0) is 9.26. The molecule has 1 N–H and O–H groups in total. The highest BCUT2D eigenvalue weighted by Crippen LogP contribution is 2.32. The lowest BCUT2D eigenvalue weighted by atomic mass is 9.82. The molecule has 13 heavy (non-hydrogen) atoms. The van der Waals surface area contributed by atoms with Crippen molar-refractivity contribution in [2.75, 3.05) is 0 Å². The van der Waals surface area contributed by atoms with Crippen molar-refractivity contribution in [1.29, 1.82) is 0 Å². The molecule has 2 rings (SSSR count). The van der Waals surface area contributed by atoms with Crippen molar-refractivity contribution in [1.82, 2.24) is 5.32 Å². The predicted molar refractivity (Wildman–Crippen MR) is 46.8 cm³/mol. The van der Waals surface area contributed by atoms with Gasteiger partial charge in [0.25, 0.3) is 0 Å². The second kappa shape index (κ2) is 3.26. The second-order valence-electron chi connectivity index (χ2n) is 3.76. The highest BCUT2D eigenvalue weighted by atomic mass is 16.2. The minimum atomic E-state index is -0.0183. The lowest BCUT2D eigenvalue weighted by Gasteiger charge is -2.29. The van der Waals surface area contributed by atoms with E-state index in [0.717, 1.165) is 19.3 Å². The number of carbonyl (C=O) groups excluding carboxylic acids is 1. The van der Waals surface area contributed by atoms with Gasteiger partial charge < -0.3 is 5.32 Å². The largest absolute Gasteiger partial charge is 0.353 e. The zero-order valence-corrected chi connectivity index (χ0v) is 7.31. The number of nitrogens with zero attached hydrogens (tertiary/aromatic N) is 3. The third-order valence-electron chi connectivity index (χ3n) is 2.97. The molecule has 0 bridgehead atoms.